The highest BCUT2D eigenvalue weighted by molar-refractivity contribution is 6.30. The van der Waals surface area contributed by atoms with Crippen LogP contribution in [0.3, 0.4) is 0 Å². The van der Waals surface area contributed by atoms with Crippen LogP contribution in [0.15, 0.2) is 18.2 Å². The number of halogens is 1. The van der Waals surface area contributed by atoms with Crippen LogP contribution < -0.4 is 15.4 Å². The summed E-state index contributed by atoms with van der Waals surface area (Å²) < 4.78 is 5.37. The van der Waals surface area contributed by atoms with Crippen molar-refractivity contribution < 1.29 is 4.74 Å². The zero-order chi connectivity index (χ0) is 12.5. The Morgan fingerprint density at radius 3 is 2.67 bits per heavy atom. The number of hydrogen-bond acceptors (Lipinski definition) is 3. The molecule has 2 atom stereocenters. The minimum atomic E-state index is 0.524. The Hall–Kier alpha value is -0.930. The molecule has 0 spiro atoms. The summed E-state index contributed by atoms with van der Waals surface area (Å²) in [4.78, 5) is 0. The lowest BCUT2D eigenvalue weighted by Gasteiger charge is -2.30. The molecule has 2 saturated heterocycles. The third-order valence-electron chi connectivity index (χ3n) is 3.99. The van der Waals surface area contributed by atoms with E-state index in [2.05, 4.69) is 10.6 Å². The lowest BCUT2D eigenvalue weighted by molar-refractivity contribution is 0.375. The van der Waals surface area contributed by atoms with Crippen molar-refractivity contribution in [1.82, 2.24) is 5.32 Å². The molecule has 98 valence electrons. The van der Waals surface area contributed by atoms with Crippen LogP contribution in [0.2, 0.25) is 5.02 Å². The maximum Gasteiger partial charge on any atom is 0.142 e. The number of anilines is 1. The van der Waals surface area contributed by atoms with Crippen LogP contribution in [0.25, 0.3) is 0 Å². The van der Waals surface area contributed by atoms with E-state index in [1.807, 2.05) is 18.2 Å². The molecule has 0 aromatic heterocycles. The zero-order valence-electron chi connectivity index (χ0n) is 10.6. The van der Waals surface area contributed by atoms with E-state index in [-0.39, 0.29) is 0 Å². The van der Waals surface area contributed by atoms with E-state index in [1.54, 1.807) is 7.11 Å². The van der Waals surface area contributed by atoms with Crippen molar-refractivity contribution in [3.8, 4) is 5.75 Å². The van der Waals surface area contributed by atoms with Gasteiger partial charge in [0.2, 0.25) is 0 Å². The zero-order valence-corrected chi connectivity index (χ0v) is 11.3. The van der Waals surface area contributed by atoms with Crippen molar-refractivity contribution in [2.45, 2.75) is 43.8 Å². The summed E-state index contributed by atoms with van der Waals surface area (Å²) in [6.45, 7) is 0. The maximum absolute atomic E-state index is 6.05. The highest BCUT2D eigenvalue weighted by Crippen LogP contribution is 2.33. The fourth-order valence-electron chi connectivity index (χ4n) is 3.19. The fourth-order valence-corrected chi connectivity index (χ4v) is 3.36. The smallest absolute Gasteiger partial charge is 0.142 e. The first-order valence-corrected chi connectivity index (χ1v) is 6.98. The minimum Gasteiger partial charge on any atom is -0.495 e. The third-order valence-corrected chi connectivity index (χ3v) is 4.23. The molecule has 0 amide bonds. The van der Waals surface area contributed by atoms with E-state index in [9.17, 15) is 0 Å². The molecule has 2 N–H and O–H groups in total. The van der Waals surface area contributed by atoms with Crippen molar-refractivity contribution in [2.24, 2.45) is 0 Å². The molecule has 0 aliphatic carbocycles. The molecule has 18 heavy (non-hydrogen) atoms. The average Bonchev–Trinajstić information content (AvgIpc) is 2.69. The molecule has 4 heteroatoms. The second kappa shape index (κ2) is 4.98. The molecule has 2 bridgehead atoms. The van der Waals surface area contributed by atoms with Crippen molar-refractivity contribution in [3.05, 3.63) is 23.2 Å². The second-order valence-corrected chi connectivity index (χ2v) is 5.73. The van der Waals surface area contributed by atoms with Crippen LogP contribution in [0, 0.1) is 0 Å². The van der Waals surface area contributed by atoms with Gasteiger partial charge in [-0.2, -0.15) is 0 Å². The summed E-state index contributed by atoms with van der Waals surface area (Å²) in [5.74, 6) is 0.866. The summed E-state index contributed by atoms with van der Waals surface area (Å²) in [5, 5.41) is 7.99. The number of benzene rings is 1. The molecule has 2 aliphatic heterocycles. The highest BCUT2D eigenvalue weighted by atomic mass is 35.5. The van der Waals surface area contributed by atoms with Gasteiger partial charge in [0.05, 0.1) is 12.8 Å². The van der Waals surface area contributed by atoms with E-state index in [1.165, 1.54) is 25.7 Å². The molecular weight excluding hydrogens is 248 g/mol. The second-order valence-electron chi connectivity index (χ2n) is 5.30. The van der Waals surface area contributed by atoms with Crippen LogP contribution in [-0.4, -0.2) is 25.2 Å². The van der Waals surface area contributed by atoms with Crippen molar-refractivity contribution in [2.75, 3.05) is 12.4 Å². The van der Waals surface area contributed by atoms with Gasteiger partial charge in [0, 0.05) is 23.1 Å². The van der Waals surface area contributed by atoms with Crippen molar-refractivity contribution in [3.63, 3.8) is 0 Å². The van der Waals surface area contributed by atoms with E-state index >= 15 is 0 Å². The number of nitrogens with one attached hydrogen (secondary N) is 2. The normalized spacial score (nSPS) is 30.2. The van der Waals surface area contributed by atoms with Crippen molar-refractivity contribution in [1.29, 1.82) is 0 Å². The number of hydrogen-bond donors (Lipinski definition) is 2. The Morgan fingerprint density at radius 1 is 1.28 bits per heavy atom. The van der Waals surface area contributed by atoms with Crippen LogP contribution in [-0.2, 0) is 0 Å². The first-order valence-electron chi connectivity index (χ1n) is 6.60. The van der Waals surface area contributed by atoms with E-state index in [0.29, 0.717) is 18.1 Å². The quantitative estimate of drug-likeness (QED) is 0.882. The van der Waals surface area contributed by atoms with Gasteiger partial charge in [-0.3, -0.25) is 0 Å². The average molecular weight is 267 g/mol. The lowest BCUT2D eigenvalue weighted by atomic mass is 9.99. The Kier molecular flexibility index (Phi) is 3.35. The first-order chi connectivity index (χ1) is 8.74. The summed E-state index contributed by atoms with van der Waals surface area (Å²) in [7, 11) is 1.69. The molecule has 2 unspecified atom stereocenters. The summed E-state index contributed by atoms with van der Waals surface area (Å²) in [5.41, 5.74) is 1.01. The number of fused-ring (bicyclic) bond motifs is 2. The van der Waals surface area contributed by atoms with Gasteiger partial charge >= 0.3 is 0 Å². The molecule has 2 fully saturated rings. The van der Waals surface area contributed by atoms with Crippen LogP contribution in [0.4, 0.5) is 5.69 Å². The van der Waals surface area contributed by atoms with Gasteiger partial charge in [-0.05, 0) is 43.9 Å². The van der Waals surface area contributed by atoms with Crippen LogP contribution in [0.5, 0.6) is 5.75 Å². The van der Waals surface area contributed by atoms with Gasteiger partial charge in [0.25, 0.3) is 0 Å². The Bertz CT molecular complexity index is 426. The molecular formula is C14H19ClN2O. The van der Waals surface area contributed by atoms with Gasteiger partial charge in [-0.15, -0.1) is 0 Å². The number of piperidine rings is 1. The monoisotopic (exact) mass is 266 g/mol. The largest absolute Gasteiger partial charge is 0.495 e. The summed E-state index contributed by atoms with van der Waals surface area (Å²) >= 11 is 6.05. The molecule has 1 aromatic rings. The number of rotatable bonds is 3. The highest BCUT2D eigenvalue weighted by Gasteiger charge is 2.33. The van der Waals surface area contributed by atoms with Gasteiger partial charge in [0.1, 0.15) is 5.75 Å². The molecule has 0 radical (unpaired) electrons. The Morgan fingerprint density at radius 2 is 2.00 bits per heavy atom. The Balaban J connectivity index is 1.74. The minimum absolute atomic E-state index is 0.524. The van der Waals surface area contributed by atoms with E-state index < -0.39 is 0 Å². The van der Waals surface area contributed by atoms with E-state index in [4.69, 9.17) is 16.3 Å². The predicted octanol–water partition coefficient (Wildman–Crippen LogP) is 3.04. The Labute approximate surface area is 113 Å². The van der Waals surface area contributed by atoms with Gasteiger partial charge in [-0.1, -0.05) is 11.6 Å². The van der Waals surface area contributed by atoms with Gasteiger partial charge in [0.15, 0.2) is 0 Å². The molecule has 3 rings (SSSR count). The molecule has 2 aliphatic rings. The molecule has 0 saturated carbocycles. The third kappa shape index (κ3) is 2.43. The maximum atomic E-state index is 6.05. The van der Waals surface area contributed by atoms with Gasteiger partial charge < -0.3 is 15.4 Å². The van der Waals surface area contributed by atoms with Crippen LogP contribution in [0.1, 0.15) is 25.7 Å². The SMILES string of the molecule is COc1ccc(Cl)cc1NC1CC2CCC(C1)N2. The molecule has 1 aromatic carbocycles. The van der Waals surface area contributed by atoms with E-state index in [0.717, 1.165) is 16.5 Å². The lowest BCUT2D eigenvalue weighted by Crippen LogP contribution is -2.43. The topological polar surface area (TPSA) is 33.3 Å². The fraction of sp³-hybridized carbons (Fsp3) is 0.571. The summed E-state index contributed by atoms with van der Waals surface area (Å²) in [6, 6.07) is 7.62. The number of methoxy groups -OCH3 is 1. The van der Waals surface area contributed by atoms with Gasteiger partial charge in [-0.25, -0.2) is 0 Å². The molecule has 2 heterocycles. The van der Waals surface area contributed by atoms with Crippen LogP contribution >= 0.6 is 11.6 Å². The first kappa shape index (κ1) is 12.1. The number of ether oxygens (including phenoxy) is 1. The molecule has 3 nitrogen and oxygen atoms in total. The predicted molar refractivity (Wildman–Crippen MR) is 74.6 cm³/mol. The summed E-state index contributed by atoms with van der Waals surface area (Å²) in [6.07, 6.45) is 5.00. The standard InChI is InChI=1S/C14H19ClN2O/c1-18-14-5-2-9(15)6-13(14)17-12-7-10-3-4-11(8-12)16-10/h2,5-6,10-12,16-17H,3-4,7-8H2,1H3. The van der Waals surface area contributed by atoms with Crippen molar-refractivity contribution >= 4 is 17.3 Å².